The van der Waals surface area contributed by atoms with Gasteiger partial charge in [0.25, 0.3) is 0 Å². The molecule has 0 fully saturated rings. The molecular weight excluding hydrogens is 308 g/mol. The van der Waals surface area contributed by atoms with Crippen LogP contribution >= 0.6 is 22.7 Å². The van der Waals surface area contributed by atoms with E-state index in [-0.39, 0.29) is 6.54 Å². The fourth-order valence-electron chi connectivity index (χ4n) is 1.68. The summed E-state index contributed by atoms with van der Waals surface area (Å²) in [6.07, 6.45) is 1.85. The molecule has 8 heteroatoms. The number of hydrogen-bond acceptors (Lipinski definition) is 6. The van der Waals surface area contributed by atoms with Crippen LogP contribution in [0, 0.1) is 0 Å². The first-order valence-electron chi connectivity index (χ1n) is 6.65. The Morgan fingerprint density at radius 2 is 2.29 bits per heavy atom. The Labute approximate surface area is 131 Å². The van der Waals surface area contributed by atoms with Gasteiger partial charge in [0.15, 0.2) is 0 Å². The maximum absolute atomic E-state index is 11.8. The van der Waals surface area contributed by atoms with Crippen LogP contribution < -0.4 is 10.6 Å². The molecular formula is C13H18N4O2S2. The van der Waals surface area contributed by atoms with E-state index in [1.165, 1.54) is 22.7 Å². The molecule has 6 nitrogen and oxygen atoms in total. The molecule has 0 aromatic carbocycles. The Morgan fingerprint density at radius 3 is 2.95 bits per heavy atom. The zero-order chi connectivity index (χ0) is 15.3. The molecule has 2 rings (SSSR count). The normalized spacial score (nSPS) is 13.7. The van der Waals surface area contributed by atoms with Gasteiger partial charge in [0.05, 0.1) is 6.54 Å². The van der Waals surface area contributed by atoms with Gasteiger partial charge in [-0.05, 0) is 24.8 Å². The Hall–Kier alpha value is -1.51. The molecule has 2 aromatic heterocycles. The smallest absolute Gasteiger partial charge is 0.321 e. The van der Waals surface area contributed by atoms with Gasteiger partial charge in [-0.3, -0.25) is 5.32 Å². The number of aliphatic hydroxyl groups is 1. The number of nitrogens with one attached hydrogen (secondary N) is 2. The van der Waals surface area contributed by atoms with Crippen LogP contribution in [0.5, 0.6) is 0 Å². The number of rotatable bonds is 6. The zero-order valence-corrected chi connectivity index (χ0v) is 13.6. The predicted octanol–water partition coefficient (Wildman–Crippen LogP) is 2.58. The molecule has 2 heterocycles. The lowest BCUT2D eigenvalue weighted by molar-refractivity contribution is 0.0637. The van der Waals surface area contributed by atoms with E-state index in [4.69, 9.17) is 0 Å². The Bertz CT molecular complexity index is 581. The highest BCUT2D eigenvalue weighted by atomic mass is 32.1. The largest absolute Gasteiger partial charge is 0.383 e. The van der Waals surface area contributed by atoms with Crippen LogP contribution in [0.1, 0.15) is 30.2 Å². The second kappa shape index (κ2) is 6.97. The first kappa shape index (κ1) is 15.9. The van der Waals surface area contributed by atoms with Crippen molar-refractivity contribution >= 4 is 33.8 Å². The molecule has 114 valence electrons. The van der Waals surface area contributed by atoms with E-state index in [1.54, 1.807) is 6.92 Å². The standard InChI is InChI=1S/C13H18N4O2S2/c1-3-5-10-16-17-12(21-10)15-11(18)14-8-13(2,19)9-6-4-7-20-9/h4,6-7,19H,3,5,8H2,1-2H3,(H2,14,15,17,18). The van der Waals surface area contributed by atoms with Crippen LogP contribution in [0.3, 0.4) is 0 Å². The van der Waals surface area contributed by atoms with Crippen molar-refractivity contribution in [2.45, 2.75) is 32.3 Å². The molecule has 0 aliphatic heterocycles. The van der Waals surface area contributed by atoms with E-state index in [2.05, 4.69) is 27.8 Å². The van der Waals surface area contributed by atoms with E-state index in [0.717, 1.165) is 22.7 Å². The lowest BCUT2D eigenvalue weighted by Crippen LogP contribution is -2.40. The minimum absolute atomic E-state index is 0.125. The molecule has 0 saturated carbocycles. The van der Waals surface area contributed by atoms with E-state index >= 15 is 0 Å². The summed E-state index contributed by atoms with van der Waals surface area (Å²) < 4.78 is 0. The van der Waals surface area contributed by atoms with Crippen molar-refractivity contribution in [3.05, 3.63) is 27.4 Å². The number of urea groups is 1. The number of nitrogens with zero attached hydrogens (tertiary/aromatic N) is 2. The number of carbonyl (C=O) groups is 1. The summed E-state index contributed by atoms with van der Waals surface area (Å²) >= 11 is 2.81. The lowest BCUT2D eigenvalue weighted by Gasteiger charge is -2.22. The number of anilines is 1. The molecule has 1 atom stereocenters. The maximum atomic E-state index is 11.8. The van der Waals surface area contributed by atoms with Gasteiger partial charge in [0.1, 0.15) is 10.6 Å². The van der Waals surface area contributed by atoms with Gasteiger partial charge >= 0.3 is 6.03 Å². The number of carbonyl (C=O) groups excluding carboxylic acids is 1. The number of aryl methyl sites for hydroxylation is 1. The Morgan fingerprint density at radius 1 is 1.48 bits per heavy atom. The number of thiophene rings is 1. The summed E-state index contributed by atoms with van der Waals surface area (Å²) in [5.41, 5.74) is -1.08. The molecule has 21 heavy (non-hydrogen) atoms. The average molecular weight is 326 g/mol. The van der Waals surface area contributed by atoms with Gasteiger partial charge in [-0.25, -0.2) is 4.79 Å². The number of hydrogen-bond donors (Lipinski definition) is 3. The van der Waals surface area contributed by atoms with Crippen molar-refractivity contribution in [1.82, 2.24) is 15.5 Å². The monoisotopic (exact) mass is 326 g/mol. The molecule has 1 unspecified atom stereocenters. The second-order valence-electron chi connectivity index (χ2n) is 4.81. The summed E-state index contributed by atoms with van der Waals surface area (Å²) in [7, 11) is 0. The predicted molar refractivity (Wildman–Crippen MR) is 84.8 cm³/mol. The average Bonchev–Trinajstić information content (AvgIpc) is 3.09. The minimum atomic E-state index is -1.08. The molecule has 2 amide bonds. The molecule has 0 aliphatic rings. The van der Waals surface area contributed by atoms with Crippen LogP contribution in [0.25, 0.3) is 0 Å². The van der Waals surface area contributed by atoms with Gasteiger partial charge in [0, 0.05) is 11.3 Å². The van der Waals surface area contributed by atoms with Gasteiger partial charge in [-0.2, -0.15) is 0 Å². The molecule has 0 aliphatic carbocycles. The third-order valence-electron chi connectivity index (χ3n) is 2.80. The van der Waals surface area contributed by atoms with Crippen molar-refractivity contribution in [2.75, 3.05) is 11.9 Å². The number of aromatic nitrogens is 2. The fourth-order valence-corrected chi connectivity index (χ4v) is 3.31. The van der Waals surface area contributed by atoms with Gasteiger partial charge in [0.2, 0.25) is 5.13 Å². The lowest BCUT2D eigenvalue weighted by atomic mass is 10.1. The van der Waals surface area contributed by atoms with Crippen molar-refractivity contribution in [1.29, 1.82) is 0 Å². The molecule has 0 spiro atoms. The van der Waals surface area contributed by atoms with Crippen LogP contribution in [-0.4, -0.2) is 27.9 Å². The highest BCUT2D eigenvalue weighted by Crippen LogP contribution is 2.24. The number of amides is 2. The first-order valence-corrected chi connectivity index (χ1v) is 8.34. The van der Waals surface area contributed by atoms with Crippen molar-refractivity contribution in [3.8, 4) is 0 Å². The fraction of sp³-hybridized carbons (Fsp3) is 0.462. The first-order chi connectivity index (χ1) is 10.0. The van der Waals surface area contributed by atoms with Crippen molar-refractivity contribution in [3.63, 3.8) is 0 Å². The van der Waals surface area contributed by atoms with E-state index < -0.39 is 11.6 Å². The second-order valence-corrected chi connectivity index (χ2v) is 6.82. The van der Waals surface area contributed by atoms with E-state index in [0.29, 0.717) is 5.13 Å². The van der Waals surface area contributed by atoms with Gasteiger partial charge < -0.3 is 10.4 Å². The van der Waals surface area contributed by atoms with E-state index in [9.17, 15) is 9.90 Å². The maximum Gasteiger partial charge on any atom is 0.321 e. The van der Waals surface area contributed by atoms with Crippen LogP contribution in [0.4, 0.5) is 9.93 Å². The van der Waals surface area contributed by atoms with Crippen LogP contribution in [0.15, 0.2) is 17.5 Å². The third kappa shape index (κ3) is 4.48. The molecule has 0 bridgehead atoms. The van der Waals surface area contributed by atoms with E-state index in [1.807, 2.05) is 17.5 Å². The summed E-state index contributed by atoms with van der Waals surface area (Å²) in [5.74, 6) is 0. The summed E-state index contributed by atoms with van der Waals surface area (Å²) in [5, 5.41) is 26.7. The highest BCUT2D eigenvalue weighted by molar-refractivity contribution is 7.15. The van der Waals surface area contributed by atoms with Gasteiger partial charge in [-0.15, -0.1) is 21.5 Å². The summed E-state index contributed by atoms with van der Waals surface area (Å²) in [4.78, 5) is 12.6. The molecule has 0 saturated heterocycles. The zero-order valence-electron chi connectivity index (χ0n) is 11.9. The molecule has 3 N–H and O–H groups in total. The van der Waals surface area contributed by atoms with Crippen molar-refractivity contribution in [2.24, 2.45) is 0 Å². The SMILES string of the molecule is CCCc1nnc(NC(=O)NCC(C)(O)c2cccs2)s1. The topological polar surface area (TPSA) is 87.1 Å². The minimum Gasteiger partial charge on any atom is -0.383 e. The molecule has 0 radical (unpaired) electrons. The quantitative estimate of drug-likeness (QED) is 0.761. The summed E-state index contributed by atoms with van der Waals surface area (Å²) in [6.45, 7) is 3.86. The Balaban J connectivity index is 1.84. The summed E-state index contributed by atoms with van der Waals surface area (Å²) in [6, 6.07) is 3.31. The van der Waals surface area contributed by atoms with Crippen molar-refractivity contribution < 1.29 is 9.90 Å². The Kier molecular flexibility index (Phi) is 5.27. The van der Waals surface area contributed by atoms with Crippen LogP contribution in [-0.2, 0) is 12.0 Å². The van der Waals surface area contributed by atoms with Crippen LogP contribution in [0.2, 0.25) is 0 Å². The van der Waals surface area contributed by atoms with Gasteiger partial charge in [-0.1, -0.05) is 24.3 Å². The third-order valence-corrected chi connectivity index (χ3v) is 4.82. The molecule has 2 aromatic rings. The highest BCUT2D eigenvalue weighted by Gasteiger charge is 2.25.